The number of nitrogens with zero attached hydrogens (tertiary/aromatic N) is 2. The van der Waals surface area contributed by atoms with Gasteiger partial charge in [0.15, 0.2) is 3.95 Å². The summed E-state index contributed by atoms with van der Waals surface area (Å²) in [4.78, 5) is 27.0. The van der Waals surface area contributed by atoms with E-state index in [1.165, 1.54) is 18.4 Å². The zero-order chi connectivity index (χ0) is 18.7. The second-order valence-electron chi connectivity index (χ2n) is 6.17. The van der Waals surface area contributed by atoms with Crippen LogP contribution >= 0.6 is 23.6 Å². The molecule has 0 unspecified atom stereocenters. The van der Waals surface area contributed by atoms with Crippen LogP contribution in [-0.2, 0) is 4.74 Å². The van der Waals surface area contributed by atoms with Gasteiger partial charge in [-0.2, -0.15) is 0 Å². The number of methoxy groups -OCH3 is 1. The lowest BCUT2D eigenvalue weighted by Crippen LogP contribution is -2.31. The molecule has 0 aliphatic carbocycles. The molecule has 0 saturated carbocycles. The normalized spacial score (nSPS) is 14.7. The highest BCUT2D eigenvalue weighted by atomic mass is 32.1. The summed E-state index contributed by atoms with van der Waals surface area (Å²) in [7, 11) is 1.33. The number of aromatic nitrogens is 1. The fourth-order valence-corrected chi connectivity index (χ4v) is 4.43. The van der Waals surface area contributed by atoms with E-state index < -0.39 is 5.97 Å². The monoisotopic (exact) mass is 391 g/mol. The summed E-state index contributed by atoms with van der Waals surface area (Å²) in [6.07, 6.45) is 4.32. The largest absolute Gasteiger partial charge is 0.465 e. The third-order valence-corrected chi connectivity index (χ3v) is 5.84. The van der Waals surface area contributed by atoms with E-state index in [9.17, 15) is 9.59 Å². The summed E-state index contributed by atoms with van der Waals surface area (Å²) in [5, 5.41) is 0. The highest BCUT2D eigenvalue weighted by Gasteiger charge is 2.24. The predicted molar refractivity (Wildman–Crippen MR) is 105 cm³/mol. The zero-order valence-corrected chi connectivity index (χ0v) is 16.2. The maximum Gasteiger partial charge on any atom is 0.337 e. The number of esters is 1. The van der Waals surface area contributed by atoms with Crippen LogP contribution in [0.25, 0.3) is 5.69 Å². The van der Waals surface area contributed by atoms with Crippen LogP contribution in [0, 0.1) is 3.95 Å². The maximum absolute atomic E-state index is 12.9. The number of anilines is 1. The number of hydrogen-bond acceptors (Lipinski definition) is 6. The molecule has 2 aromatic rings. The molecule has 2 N–H and O–H groups in total. The molecule has 1 aromatic heterocycles. The van der Waals surface area contributed by atoms with Crippen molar-refractivity contribution in [3.63, 3.8) is 0 Å². The molecule has 1 saturated heterocycles. The molecule has 0 atom stereocenters. The first-order chi connectivity index (χ1) is 12.5. The molecular formula is C18H21N3O3S2. The van der Waals surface area contributed by atoms with E-state index >= 15 is 0 Å². The molecule has 0 radical (unpaired) electrons. The van der Waals surface area contributed by atoms with Crippen molar-refractivity contribution in [1.29, 1.82) is 0 Å². The molecule has 1 aliphatic heterocycles. The van der Waals surface area contributed by atoms with Gasteiger partial charge in [0.2, 0.25) is 0 Å². The first kappa shape index (κ1) is 18.6. The standard InChI is InChI=1S/C18H21N3O3S2/c1-24-17(23)12-7-6-8-13(11-12)21-15(19)14(26-18(21)25)16(22)20-9-4-2-3-5-10-20/h6-8,11H,2-5,9-10,19H2,1H3. The molecule has 8 heteroatoms. The van der Waals surface area contributed by atoms with Crippen molar-refractivity contribution in [2.24, 2.45) is 0 Å². The van der Waals surface area contributed by atoms with Crippen molar-refractivity contribution in [3.8, 4) is 5.69 Å². The summed E-state index contributed by atoms with van der Waals surface area (Å²) in [5.41, 5.74) is 7.33. The number of likely N-dealkylation sites (tertiary alicyclic amines) is 1. The van der Waals surface area contributed by atoms with Crippen molar-refractivity contribution < 1.29 is 14.3 Å². The van der Waals surface area contributed by atoms with Crippen LogP contribution in [0.3, 0.4) is 0 Å². The van der Waals surface area contributed by atoms with E-state index in [-0.39, 0.29) is 5.91 Å². The van der Waals surface area contributed by atoms with Gasteiger partial charge in [-0.25, -0.2) is 4.79 Å². The van der Waals surface area contributed by atoms with Gasteiger partial charge < -0.3 is 15.4 Å². The van der Waals surface area contributed by atoms with Crippen molar-refractivity contribution in [1.82, 2.24) is 9.47 Å². The Morgan fingerprint density at radius 2 is 1.88 bits per heavy atom. The number of hydrogen-bond donors (Lipinski definition) is 1. The minimum atomic E-state index is -0.437. The topological polar surface area (TPSA) is 77.6 Å². The quantitative estimate of drug-likeness (QED) is 0.638. The highest BCUT2D eigenvalue weighted by Crippen LogP contribution is 2.28. The number of nitrogen functional groups attached to an aromatic ring is 1. The van der Waals surface area contributed by atoms with E-state index in [0.717, 1.165) is 38.8 Å². The Morgan fingerprint density at radius 1 is 1.19 bits per heavy atom. The van der Waals surface area contributed by atoms with Crippen LogP contribution < -0.4 is 5.73 Å². The van der Waals surface area contributed by atoms with Gasteiger partial charge in [0.25, 0.3) is 5.91 Å². The van der Waals surface area contributed by atoms with E-state index in [4.69, 9.17) is 22.7 Å². The Bertz CT molecular complexity index is 880. The van der Waals surface area contributed by atoms with Gasteiger partial charge in [-0.3, -0.25) is 9.36 Å². The zero-order valence-electron chi connectivity index (χ0n) is 14.6. The molecular weight excluding hydrogens is 370 g/mol. The molecule has 3 rings (SSSR count). The molecule has 1 aliphatic rings. The minimum absolute atomic E-state index is 0.0663. The summed E-state index contributed by atoms with van der Waals surface area (Å²) >= 11 is 6.65. The van der Waals surface area contributed by atoms with Gasteiger partial charge in [0.1, 0.15) is 10.7 Å². The molecule has 1 amide bonds. The van der Waals surface area contributed by atoms with Gasteiger partial charge in [0.05, 0.1) is 18.4 Å². The summed E-state index contributed by atoms with van der Waals surface area (Å²) in [6.45, 7) is 1.50. The van der Waals surface area contributed by atoms with Crippen LogP contribution in [0.15, 0.2) is 24.3 Å². The van der Waals surface area contributed by atoms with Crippen molar-refractivity contribution in [3.05, 3.63) is 38.7 Å². The van der Waals surface area contributed by atoms with Gasteiger partial charge >= 0.3 is 5.97 Å². The smallest absolute Gasteiger partial charge is 0.337 e. The first-order valence-corrected chi connectivity index (χ1v) is 9.74. The van der Waals surface area contributed by atoms with Gasteiger partial charge in [-0.15, -0.1) is 0 Å². The third kappa shape index (κ3) is 3.66. The molecule has 0 spiro atoms. The average molecular weight is 392 g/mol. The fourth-order valence-electron chi connectivity index (χ4n) is 3.09. The van der Waals surface area contributed by atoms with E-state index in [2.05, 4.69) is 0 Å². The Hall–Kier alpha value is -2.19. The van der Waals surface area contributed by atoms with Crippen LogP contribution in [0.4, 0.5) is 5.82 Å². The number of benzene rings is 1. The number of thiazole rings is 1. The third-order valence-electron chi connectivity index (χ3n) is 4.46. The van der Waals surface area contributed by atoms with Gasteiger partial charge in [0, 0.05) is 13.1 Å². The fraction of sp³-hybridized carbons (Fsp3) is 0.389. The molecule has 26 heavy (non-hydrogen) atoms. The lowest BCUT2D eigenvalue weighted by Gasteiger charge is -2.19. The van der Waals surface area contributed by atoms with Gasteiger partial charge in [-0.1, -0.05) is 30.2 Å². The van der Waals surface area contributed by atoms with Crippen LogP contribution in [0.2, 0.25) is 0 Å². The number of ether oxygens (including phenoxy) is 1. The van der Waals surface area contributed by atoms with E-state index in [1.807, 2.05) is 4.90 Å². The molecule has 2 heterocycles. The summed E-state index contributed by atoms with van der Waals surface area (Å²) in [6, 6.07) is 6.85. The predicted octanol–water partition coefficient (Wildman–Crippen LogP) is 3.65. The number of amides is 1. The van der Waals surface area contributed by atoms with Crippen molar-refractivity contribution in [2.75, 3.05) is 25.9 Å². The van der Waals surface area contributed by atoms with E-state index in [1.54, 1.807) is 28.8 Å². The second kappa shape index (κ2) is 8.01. The maximum atomic E-state index is 12.9. The van der Waals surface area contributed by atoms with Crippen LogP contribution in [0.5, 0.6) is 0 Å². The van der Waals surface area contributed by atoms with Crippen LogP contribution in [0.1, 0.15) is 45.7 Å². The van der Waals surface area contributed by atoms with E-state index in [0.29, 0.717) is 25.9 Å². The molecule has 6 nitrogen and oxygen atoms in total. The number of nitrogens with two attached hydrogens (primary N) is 1. The summed E-state index contributed by atoms with van der Waals surface area (Å²) in [5.74, 6) is -0.187. The molecule has 0 bridgehead atoms. The number of carbonyl (C=O) groups excluding carboxylic acids is 2. The Morgan fingerprint density at radius 3 is 2.54 bits per heavy atom. The lowest BCUT2D eigenvalue weighted by molar-refractivity contribution is 0.0600. The van der Waals surface area contributed by atoms with Crippen molar-refractivity contribution in [2.45, 2.75) is 25.7 Å². The van der Waals surface area contributed by atoms with Gasteiger partial charge in [-0.05, 0) is 43.3 Å². The molecule has 1 fully saturated rings. The SMILES string of the molecule is COC(=O)c1cccc(-n2c(N)c(C(=O)N3CCCCCC3)sc2=S)c1. The Labute approximate surface area is 161 Å². The lowest BCUT2D eigenvalue weighted by atomic mass is 10.2. The number of carbonyl (C=O) groups is 2. The summed E-state index contributed by atoms with van der Waals surface area (Å²) < 4.78 is 6.87. The Kier molecular flexibility index (Phi) is 5.73. The average Bonchev–Trinajstić information content (AvgIpc) is 2.84. The second-order valence-corrected chi connectivity index (χ2v) is 7.81. The first-order valence-electron chi connectivity index (χ1n) is 8.52. The Balaban J connectivity index is 1.97. The molecule has 1 aromatic carbocycles. The van der Waals surface area contributed by atoms with Crippen molar-refractivity contribution >= 4 is 41.2 Å². The molecule has 138 valence electrons. The minimum Gasteiger partial charge on any atom is -0.465 e. The van der Waals surface area contributed by atoms with Crippen LogP contribution in [-0.4, -0.2) is 41.5 Å². The number of rotatable bonds is 3. The highest BCUT2D eigenvalue weighted by molar-refractivity contribution is 7.73.